The molecule has 2 atom stereocenters. The van der Waals surface area contributed by atoms with Crippen LogP contribution >= 0.6 is 22.6 Å². The van der Waals surface area contributed by atoms with Crippen LogP contribution in [0.3, 0.4) is 0 Å². The number of halogens is 1. The van der Waals surface area contributed by atoms with Gasteiger partial charge in [0, 0.05) is 16.2 Å². The Labute approximate surface area is 112 Å². The predicted octanol–water partition coefficient (Wildman–Crippen LogP) is 3.10. The third kappa shape index (κ3) is 4.80. The van der Waals surface area contributed by atoms with Crippen LogP contribution in [-0.2, 0) is 0 Å². The highest BCUT2D eigenvalue weighted by Gasteiger charge is 2.07. The van der Waals surface area contributed by atoms with Crippen LogP contribution in [-0.4, -0.2) is 17.8 Å². The number of rotatable bonds is 6. The van der Waals surface area contributed by atoms with Gasteiger partial charge in [-0.1, -0.05) is 25.5 Å². The maximum Gasteiger partial charge on any atom is 0.0664 e. The van der Waals surface area contributed by atoms with Gasteiger partial charge < -0.3 is 10.4 Å². The molecule has 0 saturated heterocycles. The van der Waals surface area contributed by atoms with Gasteiger partial charge in [0.15, 0.2) is 0 Å². The number of hydrogen-bond donors (Lipinski definition) is 2. The number of benzene rings is 1. The Balaban J connectivity index is 2.40. The van der Waals surface area contributed by atoms with Crippen molar-refractivity contribution in [1.82, 2.24) is 5.32 Å². The molecule has 0 amide bonds. The fourth-order valence-corrected chi connectivity index (χ4v) is 1.98. The van der Waals surface area contributed by atoms with E-state index in [1.54, 1.807) is 0 Å². The molecule has 0 radical (unpaired) electrons. The SMILES string of the molecule is CCCC(O)CNC(C)c1ccc(I)cc1. The summed E-state index contributed by atoms with van der Waals surface area (Å²) in [6, 6.07) is 8.77. The second-order valence-corrected chi connectivity index (χ2v) is 5.37. The smallest absolute Gasteiger partial charge is 0.0664 e. The maximum absolute atomic E-state index is 9.63. The van der Waals surface area contributed by atoms with Crippen LogP contribution < -0.4 is 5.32 Å². The number of aliphatic hydroxyl groups excluding tert-OH is 1. The highest BCUT2D eigenvalue weighted by atomic mass is 127. The summed E-state index contributed by atoms with van der Waals surface area (Å²) >= 11 is 2.30. The van der Waals surface area contributed by atoms with Crippen LogP contribution in [0.25, 0.3) is 0 Å². The zero-order chi connectivity index (χ0) is 12.0. The third-order valence-electron chi connectivity index (χ3n) is 2.65. The normalized spacial score (nSPS) is 14.8. The summed E-state index contributed by atoms with van der Waals surface area (Å²) < 4.78 is 1.25. The van der Waals surface area contributed by atoms with E-state index in [0.29, 0.717) is 12.6 Å². The van der Waals surface area contributed by atoms with Gasteiger partial charge in [0.2, 0.25) is 0 Å². The molecule has 0 aliphatic rings. The summed E-state index contributed by atoms with van der Waals surface area (Å²) in [5.74, 6) is 0. The highest BCUT2D eigenvalue weighted by molar-refractivity contribution is 14.1. The molecule has 0 aromatic heterocycles. The molecule has 16 heavy (non-hydrogen) atoms. The van der Waals surface area contributed by atoms with Crippen molar-refractivity contribution >= 4 is 22.6 Å². The van der Waals surface area contributed by atoms with Gasteiger partial charge in [-0.15, -0.1) is 0 Å². The molecule has 1 aromatic rings. The topological polar surface area (TPSA) is 32.3 Å². The molecule has 2 nitrogen and oxygen atoms in total. The summed E-state index contributed by atoms with van der Waals surface area (Å²) in [6.45, 7) is 4.88. The third-order valence-corrected chi connectivity index (χ3v) is 3.37. The Kier molecular flexibility index (Phi) is 6.31. The van der Waals surface area contributed by atoms with E-state index < -0.39 is 0 Å². The second kappa shape index (κ2) is 7.25. The molecule has 0 aliphatic carbocycles. The molecule has 1 rings (SSSR count). The molecule has 2 N–H and O–H groups in total. The van der Waals surface area contributed by atoms with Crippen LogP contribution in [0.5, 0.6) is 0 Å². The Hall–Kier alpha value is -0.130. The van der Waals surface area contributed by atoms with E-state index in [1.807, 2.05) is 0 Å². The van der Waals surface area contributed by atoms with Crippen LogP contribution in [0.2, 0.25) is 0 Å². The van der Waals surface area contributed by atoms with Crippen molar-refractivity contribution in [2.45, 2.75) is 38.8 Å². The first-order chi connectivity index (χ1) is 7.63. The standard InChI is InChI=1S/C13H20INO/c1-3-4-13(16)9-15-10(2)11-5-7-12(14)8-6-11/h5-8,10,13,15-16H,3-4,9H2,1-2H3. The first kappa shape index (κ1) is 13.9. The minimum absolute atomic E-state index is 0.226. The average molecular weight is 333 g/mol. The molecule has 3 heteroatoms. The van der Waals surface area contributed by atoms with Crippen LogP contribution in [0.1, 0.15) is 38.3 Å². The first-order valence-corrected chi connectivity index (χ1v) is 6.88. The molecule has 1 aromatic carbocycles. The van der Waals surface area contributed by atoms with Gasteiger partial charge in [-0.05, 0) is 53.6 Å². The van der Waals surface area contributed by atoms with E-state index in [9.17, 15) is 5.11 Å². The average Bonchev–Trinajstić information content (AvgIpc) is 2.27. The van der Waals surface area contributed by atoms with E-state index in [0.717, 1.165) is 12.8 Å². The minimum atomic E-state index is -0.226. The fourth-order valence-electron chi connectivity index (χ4n) is 1.62. The van der Waals surface area contributed by atoms with Crippen molar-refractivity contribution in [3.05, 3.63) is 33.4 Å². The quantitative estimate of drug-likeness (QED) is 0.784. The first-order valence-electron chi connectivity index (χ1n) is 5.80. The van der Waals surface area contributed by atoms with Crippen LogP contribution in [0.4, 0.5) is 0 Å². The molecule has 0 saturated carbocycles. The van der Waals surface area contributed by atoms with Crippen LogP contribution in [0, 0.1) is 3.57 Å². The van der Waals surface area contributed by atoms with E-state index >= 15 is 0 Å². The lowest BCUT2D eigenvalue weighted by Gasteiger charge is -2.17. The number of nitrogens with one attached hydrogen (secondary N) is 1. The second-order valence-electron chi connectivity index (χ2n) is 4.12. The van der Waals surface area contributed by atoms with Gasteiger partial charge in [0.1, 0.15) is 0 Å². The number of hydrogen-bond acceptors (Lipinski definition) is 2. The van der Waals surface area contributed by atoms with E-state index in [4.69, 9.17) is 0 Å². The monoisotopic (exact) mass is 333 g/mol. The lowest BCUT2D eigenvalue weighted by Crippen LogP contribution is -2.28. The van der Waals surface area contributed by atoms with Crippen molar-refractivity contribution in [2.75, 3.05) is 6.54 Å². The fraction of sp³-hybridized carbons (Fsp3) is 0.538. The molecule has 0 spiro atoms. The Morgan fingerprint density at radius 1 is 1.31 bits per heavy atom. The van der Waals surface area contributed by atoms with Crippen molar-refractivity contribution in [2.24, 2.45) is 0 Å². The predicted molar refractivity (Wildman–Crippen MR) is 76.5 cm³/mol. The molecular formula is C13H20INO. The molecule has 0 heterocycles. The maximum atomic E-state index is 9.63. The highest BCUT2D eigenvalue weighted by Crippen LogP contribution is 2.14. The Morgan fingerprint density at radius 2 is 1.94 bits per heavy atom. The lowest BCUT2D eigenvalue weighted by molar-refractivity contribution is 0.157. The largest absolute Gasteiger partial charge is 0.392 e. The Bertz CT molecular complexity index is 299. The molecule has 0 bridgehead atoms. The van der Waals surface area contributed by atoms with Gasteiger partial charge >= 0.3 is 0 Å². The van der Waals surface area contributed by atoms with E-state index in [1.165, 1.54) is 9.13 Å². The van der Waals surface area contributed by atoms with Gasteiger partial charge in [-0.25, -0.2) is 0 Å². The molecule has 0 fully saturated rings. The van der Waals surface area contributed by atoms with Crippen LogP contribution in [0.15, 0.2) is 24.3 Å². The summed E-state index contributed by atoms with van der Waals surface area (Å²) in [5.41, 5.74) is 1.27. The van der Waals surface area contributed by atoms with Crippen molar-refractivity contribution in [3.63, 3.8) is 0 Å². The van der Waals surface area contributed by atoms with Gasteiger partial charge in [-0.2, -0.15) is 0 Å². The van der Waals surface area contributed by atoms with E-state index in [2.05, 4.69) is 66.0 Å². The van der Waals surface area contributed by atoms with Gasteiger partial charge in [-0.3, -0.25) is 0 Å². The van der Waals surface area contributed by atoms with Crippen molar-refractivity contribution in [1.29, 1.82) is 0 Å². The minimum Gasteiger partial charge on any atom is -0.392 e. The lowest BCUT2D eigenvalue weighted by atomic mass is 10.1. The molecule has 2 unspecified atom stereocenters. The molecule has 90 valence electrons. The summed E-state index contributed by atoms with van der Waals surface area (Å²) in [7, 11) is 0. The zero-order valence-electron chi connectivity index (χ0n) is 9.91. The molecular weight excluding hydrogens is 313 g/mol. The Morgan fingerprint density at radius 3 is 2.50 bits per heavy atom. The van der Waals surface area contributed by atoms with E-state index in [-0.39, 0.29) is 6.10 Å². The van der Waals surface area contributed by atoms with Crippen molar-refractivity contribution < 1.29 is 5.11 Å². The summed E-state index contributed by atoms with van der Waals surface area (Å²) in [5, 5.41) is 13.0. The summed E-state index contributed by atoms with van der Waals surface area (Å²) in [4.78, 5) is 0. The summed E-state index contributed by atoms with van der Waals surface area (Å²) in [6.07, 6.45) is 1.67. The number of aliphatic hydroxyl groups is 1. The van der Waals surface area contributed by atoms with Gasteiger partial charge in [0.25, 0.3) is 0 Å². The molecule has 0 aliphatic heterocycles. The zero-order valence-corrected chi connectivity index (χ0v) is 12.1. The van der Waals surface area contributed by atoms with Gasteiger partial charge in [0.05, 0.1) is 6.10 Å². The van der Waals surface area contributed by atoms with Crippen molar-refractivity contribution in [3.8, 4) is 0 Å².